The number of halogens is 1. The van der Waals surface area contributed by atoms with E-state index in [1.165, 1.54) is 5.57 Å². The van der Waals surface area contributed by atoms with E-state index >= 15 is 0 Å². The van der Waals surface area contributed by atoms with E-state index in [1.54, 1.807) is 19.4 Å². The van der Waals surface area contributed by atoms with Crippen LogP contribution in [0.25, 0.3) is 28.1 Å². The zero-order chi connectivity index (χ0) is 25.2. The van der Waals surface area contributed by atoms with Crippen molar-refractivity contribution in [3.8, 4) is 5.88 Å². The number of aliphatic carboxylic acids is 1. The van der Waals surface area contributed by atoms with E-state index in [1.807, 2.05) is 55.5 Å². The van der Waals surface area contributed by atoms with Gasteiger partial charge in [0.05, 0.1) is 18.0 Å². The van der Waals surface area contributed by atoms with Gasteiger partial charge in [-0.1, -0.05) is 36.8 Å². The van der Waals surface area contributed by atoms with Crippen LogP contribution in [0.3, 0.4) is 0 Å². The van der Waals surface area contributed by atoms with Crippen LogP contribution < -0.4 is 4.74 Å². The van der Waals surface area contributed by atoms with Gasteiger partial charge in [0.25, 0.3) is 0 Å². The van der Waals surface area contributed by atoms with Crippen molar-refractivity contribution in [1.82, 2.24) is 15.2 Å². The third kappa shape index (κ3) is 4.40. The second kappa shape index (κ2) is 9.77. The number of nitrogens with one attached hydrogen (secondary N) is 1. The highest BCUT2D eigenvalue weighted by Crippen LogP contribution is 2.46. The molecule has 1 fully saturated rings. The van der Waals surface area contributed by atoms with E-state index in [0.717, 1.165) is 58.7 Å². The Bertz CT molecular complexity index is 1500. The summed E-state index contributed by atoms with van der Waals surface area (Å²) in [6.07, 6.45) is 7.71. The molecule has 4 aromatic rings. The van der Waals surface area contributed by atoms with E-state index in [2.05, 4.69) is 15.2 Å². The number of carboxylic acid groups (broad SMARTS) is 1. The first-order chi connectivity index (χ1) is 17.5. The summed E-state index contributed by atoms with van der Waals surface area (Å²) in [6, 6.07) is 15.4. The highest BCUT2D eigenvalue weighted by Gasteiger charge is 2.29. The summed E-state index contributed by atoms with van der Waals surface area (Å²) in [7, 11) is 1.62. The van der Waals surface area contributed by atoms with Crippen LogP contribution in [0.15, 0.2) is 60.8 Å². The highest BCUT2D eigenvalue weighted by molar-refractivity contribution is 6.02. The Morgan fingerprint density at radius 1 is 1.14 bits per heavy atom. The van der Waals surface area contributed by atoms with Gasteiger partial charge >= 0.3 is 5.97 Å². The van der Waals surface area contributed by atoms with Crippen molar-refractivity contribution in [1.29, 1.82) is 0 Å². The number of rotatable bonds is 7. The topological polar surface area (TPSA) is 88.1 Å². The van der Waals surface area contributed by atoms with Gasteiger partial charge in [0, 0.05) is 17.8 Å². The number of carboxylic acids is 1. The van der Waals surface area contributed by atoms with Gasteiger partial charge in [-0.25, -0.2) is 9.78 Å². The second-order valence-corrected chi connectivity index (χ2v) is 8.97. The lowest BCUT2D eigenvalue weighted by Gasteiger charge is -2.32. The third-order valence-corrected chi connectivity index (χ3v) is 6.84. The summed E-state index contributed by atoms with van der Waals surface area (Å²) in [5.41, 5.74) is 7.39. The SMILES string of the molecule is COc1nccc(C(=C(c2ccc(C=CC(=O)O)cc2)c2ccc3n[nH]c(F)c3c2)C2CCC2)c1C. The number of nitrogens with zero attached hydrogens (tertiary/aromatic N) is 2. The van der Waals surface area contributed by atoms with Crippen molar-refractivity contribution in [2.24, 2.45) is 5.92 Å². The summed E-state index contributed by atoms with van der Waals surface area (Å²) in [5, 5.41) is 15.9. The van der Waals surface area contributed by atoms with Gasteiger partial charge in [0.15, 0.2) is 0 Å². The Morgan fingerprint density at radius 2 is 1.89 bits per heavy atom. The maximum Gasteiger partial charge on any atom is 0.328 e. The first-order valence-corrected chi connectivity index (χ1v) is 11.9. The summed E-state index contributed by atoms with van der Waals surface area (Å²) in [5.74, 6) is -0.548. The van der Waals surface area contributed by atoms with Crippen molar-refractivity contribution in [2.75, 3.05) is 7.11 Å². The third-order valence-electron chi connectivity index (χ3n) is 6.84. The maximum absolute atomic E-state index is 14.5. The molecule has 0 saturated heterocycles. The minimum Gasteiger partial charge on any atom is -0.481 e. The molecule has 7 heteroatoms. The molecule has 2 heterocycles. The van der Waals surface area contributed by atoms with Gasteiger partial charge in [-0.3, -0.25) is 5.10 Å². The van der Waals surface area contributed by atoms with Crippen molar-refractivity contribution < 1.29 is 19.0 Å². The van der Waals surface area contributed by atoms with Crippen molar-refractivity contribution in [3.63, 3.8) is 0 Å². The van der Waals surface area contributed by atoms with Crippen molar-refractivity contribution in [3.05, 3.63) is 94.6 Å². The number of aromatic nitrogens is 3. The molecule has 1 saturated carbocycles. The van der Waals surface area contributed by atoms with Crippen LogP contribution in [0.5, 0.6) is 5.88 Å². The molecule has 0 bridgehead atoms. The molecular formula is C29H26FN3O3. The van der Waals surface area contributed by atoms with Crippen LogP contribution in [0.2, 0.25) is 0 Å². The smallest absolute Gasteiger partial charge is 0.328 e. The van der Waals surface area contributed by atoms with Crippen molar-refractivity contribution >= 4 is 34.1 Å². The molecule has 182 valence electrons. The van der Waals surface area contributed by atoms with E-state index in [9.17, 15) is 9.18 Å². The van der Waals surface area contributed by atoms with Crippen LogP contribution in [0, 0.1) is 18.8 Å². The number of pyridine rings is 1. The monoisotopic (exact) mass is 483 g/mol. The number of benzene rings is 2. The summed E-state index contributed by atoms with van der Waals surface area (Å²) in [4.78, 5) is 15.3. The number of allylic oxidation sites excluding steroid dienone is 1. The van der Waals surface area contributed by atoms with Crippen molar-refractivity contribution in [2.45, 2.75) is 26.2 Å². The number of carbonyl (C=O) groups is 1. The lowest BCUT2D eigenvalue weighted by atomic mass is 9.72. The zero-order valence-corrected chi connectivity index (χ0v) is 20.1. The zero-order valence-electron chi connectivity index (χ0n) is 20.1. The molecule has 0 unspecified atom stereocenters. The summed E-state index contributed by atoms with van der Waals surface area (Å²) >= 11 is 0. The summed E-state index contributed by atoms with van der Waals surface area (Å²) in [6.45, 7) is 2.01. The number of fused-ring (bicyclic) bond motifs is 1. The fraction of sp³-hybridized carbons (Fsp3) is 0.207. The van der Waals surface area contributed by atoms with Gasteiger partial charge in [0.2, 0.25) is 11.8 Å². The molecule has 1 aliphatic carbocycles. The standard InChI is InChI=1S/C29H26FN3O3/c1-17-22(14-15-31-29(17)36-2)27(19-4-3-5-19)26(20-9-6-18(7-10-20)8-13-25(34)35)21-11-12-24-23(16-21)28(30)33-32-24/h6-16,19H,3-5H2,1-2H3,(H,32,33)(H,34,35). The second-order valence-electron chi connectivity index (χ2n) is 8.97. The normalized spacial score (nSPS) is 14.6. The number of H-pyrrole nitrogens is 1. The Kier molecular flexibility index (Phi) is 6.38. The van der Waals surface area contributed by atoms with Gasteiger partial charge in [0.1, 0.15) is 0 Å². The Balaban J connectivity index is 1.78. The van der Waals surface area contributed by atoms with E-state index in [0.29, 0.717) is 22.7 Å². The minimum atomic E-state index is -0.996. The Labute approximate surface area is 208 Å². The van der Waals surface area contributed by atoms with E-state index < -0.39 is 11.9 Å². The number of methoxy groups -OCH3 is 1. The molecule has 0 atom stereocenters. The highest BCUT2D eigenvalue weighted by atomic mass is 19.1. The fourth-order valence-corrected chi connectivity index (χ4v) is 4.81. The van der Waals surface area contributed by atoms with Gasteiger partial charge in [-0.2, -0.15) is 9.49 Å². The van der Waals surface area contributed by atoms with Gasteiger partial charge < -0.3 is 9.84 Å². The first kappa shape index (κ1) is 23.5. The molecule has 2 N–H and O–H groups in total. The van der Waals surface area contributed by atoms with Crippen LogP contribution in [-0.2, 0) is 4.79 Å². The van der Waals surface area contributed by atoms with Crippen LogP contribution in [0.4, 0.5) is 4.39 Å². The quantitative estimate of drug-likeness (QED) is 0.303. The Hall–Kier alpha value is -4.26. The number of hydrogen-bond donors (Lipinski definition) is 2. The minimum absolute atomic E-state index is 0.335. The summed E-state index contributed by atoms with van der Waals surface area (Å²) < 4.78 is 20.0. The molecule has 2 aromatic carbocycles. The molecule has 36 heavy (non-hydrogen) atoms. The number of aromatic amines is 1. The lowest BCUT2D eigenvalue weighted by Crippen LogP contribution is -2.16. The van der Waals surface area contributed by atoms with Crippen LogP contribution >= 0.6 is 0 Å². The van der Waals surface area contributed by atoms with Gasteiger partial charge in [-0.15, -0.1) is 0 Å². The molecule has 1 aliphatic rings. The first-order valence-electron chi connectivity index (χ1n) is 11.9. The largest absolute Gasteiger partial charge is 0.481 e. The van der Waals surface area contributed by atoms with Crippen LogP contribution in [0.1, 0.15) is 47.1 Å². The van der Waals surface area contributed by atoms with Gasteiger partial charge in [-0.05, 0) is 83.4 Å². The number of ether oxygens (including phenoxy) is 1. The molecule has 5 rings (SSSR count). The molecule has 2 aromatic heterocycles. The maximum atomic E-state index is 14.5. The van der Waals surface area contributed by atoms with Crippen LogP contribution in [-0.4, -0.2) is 33.4 Å². The predicted molar refractivity (Wildman–Crippen MR) is 138 cm³/mol. The number of hydrogen-bond acceptors (Lipinski definition) is 4. The molecular weight excluding hydrogens is 457 g/mol. The Morgan fingerprint density at radius 3 is 2.56 bits per heavy atom. The average molecular weight is 484 g/mol. The lowest BCUT2D eigenvalue weighted by molar-refractivity contribution is -0.131. The van der Waals surface area contributed by atoms with E-state index in [4.69, 9.17) is 9.84 Å². The fourth-order valence-electron chi connectivity index (χ4n) is 4.81. The molecule has 0 radical (unpaired) electrons. The molecule has 0 spiro atoms. The molecule has 0 amide bonds. The molecule has 0 aliphatic heterocycles. The van der Waals surface area contributed by atoms with E-state index in [-0.39, 0.29) is 0 Å². The predicted octanol–water partition coefficient (Wildman–Crippen LogP) is 6.27. The average Bonchev–Trinajstić information content (AvgIpc) is 3.22. The molecule has 6 nitrogen and oxygen atoms in total.